The second-order valence-corrected chi connectivity index (χ2v) is 5.33. The zero-order chi connectivity index (χ0) is 15.3. The molecule has 1 aromatic carbocycles. The Balaban J connectivity index is 2.99. The molecule has 5 heteroatoms. The van der Waals surface area contributed by atoms with Crippen LogP contribution in [0.15, 0.2) is 18.2 Å². The lowest BCUT2D eigenvalue weighted by atomic mass is 9.95. The van der Waals surface area contributed by atoms with Crippen molar-refractivity contribution in [2.45, 2.75) is 38.7 Å². The molecule has 0 aliphatic heterocycles. The molecule has 20 heavy (non-hydrogen) atoms. The molecule has 1 aromatic rings. The monoisotopic (exact) mass is 279 g/mol. The number of halogens is 1. The second kappa shape index (κ2) is 6.38. The molecule has 0 N–H and O–H groups in total. The Hall–Kier alpha value is -2.09. The highest BCUT2D eigenvalue weighted by atomic mass is 19.1. The fourth-order valence-corrected chi connectivity index (χ4v) is 1.80. The number of rotatable bonds is 4. The minimum atomic E-state index is -0.944. The molecular weight excluding hydrogens is 261 g/mol. The van der Waals surface area contributed by atoms with Crippen molar-refractivity contribution in [3.63, 3.8) is 0 Å². The normalized spacial score (nSPS) is 12.4. The molecule has 0 saturated carbocycles. The van der Waals surface area contributed by atoms with Gasteiger partial charge in [-0.25, -0.2) is 4.39 Å². The number of nitriles is 1. The summed E-state index contributed by atoms with van der Waals surface area (Å²) < 4.78 is 24.1. The number of methoxy groups -OCH3 is 1. The number of esters is 1. The van der Waals surface area contributed by atoms with Gasteiger partial charge in [0.2, 0.25) is 0 Å². The van der Waals surface area contributed by atoms with E-state index in [4.69, 9.17) is 9.47 Å². The van der Waals surface area contributed by atoms with Crippen molar-refractivity contribution in [1.82, 2.24) is 0 Å². The van der Waals surface area contributed by atoms with Gasteiger partial charge in [0.1, 0.15) is 17.2 Å². The minimum Gasteiger partial charge on any atom is -0.496 e. The summed E-state index contributed by atoms with van der Waals surface area (Å²) in [5, 5.41) is 9.19. The summed E-state index contributed by atoms with van der Waals surface area (Å²) in [7, 11) is 1.39. The van der Waals surface area contributed by atoms with Crippen LogP contribution in [0, 0.1) is 17.1 Å². The Morgan fingerprint density at radius 1 is 1.45 bits per heavy atom. The van der Waals surface area contributed by atoms with E-state index >= 15 is 0 Å². The lowest BCUT2D eigenvalue weighted by Crippen LogP contribution is -2.25. The van der Waals surface area contributed by atoms with Crippen molar-refractivity contribution in [2.24, 2.45) is 0 Å². The highest BCUT2D eigenvalue weighted by Crippen LogP contribution is 2.31. The molecule has 1 rings (SSSR count). The van der Waals surface area contributed by atoms with Crippen LogP contribution in [0.2, 0.25) is 0 Å². The van der Waals surface area contributed by atoms with Crippen LogP contribution in [0.4, 0.5) is 4.39 Å². The van der Waals surface area contributed by atoms with Crippen LogP contribution in [0.25, 0.3) is 0 Å². The van der Waals surface area contributed by atoms with E-state index in [1.807, 2.05) is 6.07 Å². The van der Waals surface area contributed by atoms with E-state index in [9.17, 15) is 14.4 Å². The largest absolute Gasteiger partial charge is 0.496 e. The Morgan fingerprint density at radius 2 is 2.10 bits per heavy atom. The minimum absolute atomic E-state index is 0.0864. The molecule has 0 aliphatic rings. The first-order chi connectivity index (χ1) is 9.28. The summed E-state index contributed by atoms with van der Waals surface area (Å²) in [6.07, 6.45) is -0.217. The molecule has 0 heterocycles. The Morgan fingerprint density at radius 3 is 2.60 bits per heavy atom. The standard InChI is InChI=1S/C15H18FNO3/c1-15(2,3)20-13(18)8-10(9-17)14-11(16)6-5-7-12(14)19-4/h5-7,10H,8H2,1-4H3. The predicted molar refractivity (Wildman–Crippen MR) is 71.8 cm³/mol. The van der Waals surface area contributed by atoms with E-state index in [0.717, 1.165) is 0 Å². The molecule has 0 saturated heterocycles. The molecule has 0 aliphatic carbocycles. The van der Waals surface area contributed by atoms with E-state index in [-0.39, 0.29) is 17.7 Å². The maximum Gasteiger partial charge on any atom is 0.307 e. The highest BCUT2D eigenvalue weighted by molar-refractivity contribution is 5.72. The quantitative estimate of drug-likeness (QED) is 0.794. The molecule has 0 spiro atoms. The van der Waals surface area contributed by atoms with E-state index in [1.54, 1.807) is 26.8 Å². The fraction of sp³-hybridized carbons (Fsp3) is 0.467. The maximum absolute atomic E-state index is 13.9. The van der Waals surface area contributed by atoms with Crippen molar-refractivity contribution in [3.05, 3.63) is 29.6 Å². The lowest BCUT2D eigenvalue weighted by molar-refractivity contribution is -0.155. The van der Waals surface area contributed by atoms with Crippen molar-refractivity contribution in [1.29, 1.82) is 5.26 Å². The smallest absolute Gasteiger partial charge is 0.307 e. The molecule has 0 fully saturated rings. The first-order valence-electron chi connectivity index (χ1n) is 6.22. The number of hydrogen-bond donors (Lipinski definition) is 0. The molecule has 0 radical (unpaired) electrons. The zero-order valence-corrected chi connectivity index (χ0v) is 12.1. The van der Waals surface area contributed by atoms with Crippen molar-refractivity contribution in [3.8, 4) is 11.8 Å². The average Bonchev–Trinajstić information content (AvgIpc) is 2.33. The Labute approximate surface area is 118 Å². The first-order valence-corrected chi connectivity index (χ1v) is 6.22. The van der Waals surface area contributed by atoms with Gasteiger partial charge in [0, 0.05) is 5.56 Å². The van der Waals surface area contributed by atoms with Gasteiger partial charge in [0.25, 0.3) is 0 Å². The maximum atomic E-state index is 13.9. The van der Waals surface area contributed by atoms with Crippen molar-refractivity contribution < 1.29 is 18.7 Å². The summed E-state index contributed by atoms with van der Waals surface area (Å²) in [5.74, 6) is -1.81. The third-order valence-corrected chi connectivity index (χ3v) is 2.53. The van der Waals surface area contributed by atoms with Gasteiger partial charge in [-0.05, 0) is 32.9 Å². The third kappa shape index (κ3) is 4.23. The summed E-state index contributed by atoms with van der Waals surface area (Å²) in [4.78, 5) is 11.8. The Bertz CT molecular complexity index is 529. The number of benzene rings is 1. The SMILES string of the molecule is COc1cccc(F)c1C(C#N)CC(=O)OC(C)(C)C. The molecule has 0 bridgehead atoms. The van der Waals surface area contributed by atoms with Crippen LogP contribution in [0.1, 0.15) is 38.7 Å². The molecule has 0 aromatic heterocycles. The molecule has 1 atom stereocenters. The van der Waals surface area contributed by atoms with Gasteiger partial charge in [-0.2, -0.15) is 5.26 Å². The van der Waals surface area contributed by atoms with Crippen LogP contribution < -0.4 is 4.74 Å². The number of hydrogen-bond acceptors (Lipinski definition) is 4. The predicted octanol–water partition coefficient (Wildman–Crippen LogP) is 3.17. The van der Waals surface area contributed by atoms with Crippen molar-refractivity contribution in [2.75, 3.05) is 7.11 Å². The van der Waals surface area contributed by atoms with E-state index in [2.05, 4.69) is 0 Å². The van der Waals surface area contributed by atoms with Gasteiger partial charge in [-0.1, -0.05) is 6.07 Å². The van der Waals surface area contributed by atoms with Crippen molar-refractivity contribution >= 4 is 5.97 Å². The van der Waals surface area contributed by atoms with E-state index in [1.165, 1.54) is 19.2 Å². The zero-order valence-electron chi connectivity index (χ0n) is 12.1. The number of ether oxygens (including phenoxy) is 2. The molecule has 108 valence electrons. The van der Waals surface area contributed by atoms with Crippen LogP contribution in [-0.4, -0.2) is 18.7 Å². The van der Waals surface area contributed by atoms with Crippen LogP contribution in [0.3, 0.4) is 0 Å². The molecular formula is C15H18FNO3. The molecule has 0 amide bonds. The van der Waals surface area contributed by atoms with E-state index in [0.29, 0.717) is 0 Å². The van der Waals surface area contributed by atoms with Gasteiger partial charge < -0.3 is 9.47 Å². The third-order valence-electron chi connectivity index (χ3n) is 2.53. The summed E-state index contributed by atoms with van der Waals surface area (Å²) in [6.45, 7) is 5.20. The number of carbonyl (C=O) groups is 1. The van der Waals surface area contributed by atoms with E-state index < -0.39 is 23.3 Å². The Kier molecular flexibility index (Phi) is 5.09. The van der Waals surface area contributed by atoms with Crippen LogP contribution in [0.5, 0.6) is 5.75 Å². The topological polar surface area (TPSA) is 59.3 Å². The fourth-order valence-electron chi connectivity index (χ4n) is 1.80. The highest BCUT2D eigenvalue weighted by Gasteiger charge is 2.26. The van der Waals surface area contributed by atoms with Gasteiger partial charge >= 0.3 is 5.97 Å². The molecule has 4 nitrogen and oxygen atoms in total. The van der Waals surface area contributed by atoms with Crippen LogP contribution in [-0.2, 0) is 9.53 Å². The number of carbonyl (C=O) groups excluding carboxylic acids is 1. The average molecular weight is 279 g/mol. The van der Waals surface area contributed by atoms with Gasteiger partial charge in [0.15, 0.2) is 0 Å². The molecule has 1 unspecified atom stereocenters. The summed E-state index contributed by atoms with van der Waals surface area (Å²) in [6, 6.07) is 6.20. The first kappa shape index (κ1) is 16.0. The number of nitrogens with zero attached hydrogens (tertiary/aromatic N) is 1. The van der Waals surface area contributed by atoms with Gasteiger partial charge in [-0.15, -0.1) is 0 Å². The summed E-state index contributed by atoms with van der Waals surface area (Å²) in [5.41, 5.74) is -0.556. The second-order valence-electron chi connectivity index (χ2n) is 5.33. The lowest BCUT2D eigenvalue weighted by Gasteiger charge is -2.21. The summed E-state index contributed by atoms with van der Waals surface area (Å²) >= 11 is 0. The van der Waals surface area contributed by atoms with Crippen LogP contribution >= 0.6 is 0 Å². The van der Waals surface area contributed by atoms with Gasteiger partial charge in [-0.3, -0.25) is 4.79 Å². The van der Waals surface area contributed by atoms with Gasteiger partial charge in [0.05, 0.1) is 25.5 Å².